The van der Waals surface area contributed by atoms with E-state index in [4.69, 9.17) is 4.74 Å². The summed E-state index contributed by atoms with van der Waals surface area (Å²) < 4.78 is 9.03. The van der Waals surface area contributed by atoms with E-state index in [0.29, 0.717) is 18.9 Å². The van der Waals surface area contributed by atoms with Gasteiger partial charge in [0.1, 0.15) is 11.6 Å². The molecule has 6 nitrogen and oxygen atoms in total. The lowest BCUT2D eigenvalue weighted by Gasteiger charge is -2.08. The molecule has 3 rings (SSSR count). The molecule has 0 aliphatic carbocycles. The molecular formula is C16H18N4O2. The molecule has 1 aromatic carbocycles. The zero-order valence-corrected chi connectivity index (χ0v) is 12.6. The van der Waals surface area contributed by atoms with E-state index in [-0.39, 0.29) is 5.69 Å². The van der Waals surface area contributed by atoms with Crippen molar-refractivity contribution in [2.75, 3.05) is 6.61 Å². The van der Waals surface area contributed by atoms with Crippen LogP contribution < -0.4 is 10.4 Å². The number of aromatic nitrogens is 4. The van der Waals surface area contributed by atoms with Crippen LogP contribution in [0, 0.1) is 0 Å². The third kappa shape index (κ3) is 2.67. The molecule has 3 aromatic rings. The predicted molar refractivity (Wildman–Crippen MR) is 83.6 cm³/mol. The Morgan fingerprint density at radius 3 is 2.64 bits per heavy atom. The number of rotatable bonds is 5. The fourth-order valence-corrected chi connectivity index (χ4v) is 2.41. The van der Waals surface area contributed by atoms with E-state index < -0.39 is 0 Å². The number of hydrogen-bond donors (Lipinski definition) is 1. The highest BCUT2D eigenvalue weighted by atomic mass is 16.5. The molecule has 0 amide bonds. The highest BCUT2D eigenvalue weighted by molar-refractivity contribution is 5.38. The fraction of sp³-hybridized carbons (Fsp3) is 0.250. The minimum Gasteiger partial charge on any atom is -0.494 e. The maximum absolute atomic E-state index is 12.1. The van der Waals surface area contributed by atoms with Gasteiger partial charge in [0.05, 0.1) is 12.3 Å². The highest BCUT2D eigenvalue weighted by Crippen LogP contribution is 2.16. The van der Waals surface area contributed by atoms with Crippen molar-refractivity contribution in [2.24, 2.45) is 7.05 Å². The van der Waals surface area contributed by atoms with E-state index in [1.165, 1.54) is 0 Å². The normalized spacial score (nSPS) is 10.8. The largest absolute Gasteiger partial charge is 0.494 e. The minimum absolute atomic E-state index is 0.242. The first kappa shape index (κ1) is 14.2. The Kier molecular flexibility index (Phi) is 3.82. The molecule has 0 saturated carbocycles. The summed E-state index contributed by atoms with van der Waals surface area (Å²) in [5.74, 6) is 1.46. The monoisotopic (exact) mass is 298 g/mol. The summed E-state index contributed by atoms with van der Waals surface area (Å²) in [5, 5.41) is 6.67. The van der Waals surface area contributed by atoms with E-state index >= 15 is 0 Å². The molecule has 0 fully saturated rings. The first-order chi connectivity index (χ1) is 10.7. The molecule has 0 aliphatic rings. The summed E-state index contributed by atoms with van der Waals surface area (Å²) in [6.07, 6.45) is 2.55. The van der Waals surface area contributed by atoms with Crippen molar-refractivity contribution in [3.63, 3.8) is 0 Å². The van der Waals surface area contributed by atoms with Crippen molar-refractivity contribution in [1.82, 2.24) is 19.3 Å². The molecule has 2 aromatic heterocycles. The van der Waals surface area contributed by atoms with Crippen molar-refractivity contribution < 1.29 is 4.74 Å². The molecule has 0 spiro atoms. The number of hydrogen-bond acceptors (Lipinski definition) is 3. The minimum atomic E-state index is -0.242. The average Bonchev–Trinajstić information content (AvgIpc) is 3.08. The van der Waals surface area contributed by atoms with Crippen LogP contribution in [0.3, 0.4) is 0 Å². The lowest BCUT2D eigenvalue weighted by Crippen LogP contribution is -2.17. The number of aryl methyl sites for hydroxylation is 1. The summed E-state index contributed by atoms with van der Waals surface area (Å²) in [5.41, 5.74) is 1.62. The summed E-state index contributed by atoms with van der Waals surface area (Å²) in [6.45, 7) is 2.55. The third-order valence-corrected chi connectivity index (χ3v) is 3.54. The molecule has 0 unspecified atom stereocenters. The van der Waals surface area contributed by atoms with Gasteiger partial charge in [-0.1, -0.05) is 0 Å². The lowest BCUT2D eigenvalue weighted by atomic mass is 10.2. The average molecular weight is 298 g/mol. The first-order valence-corrected chi connectivity index (χ1v) is 7.18. The summed E-state index contributed by atoms with van der Waals surface area (Å²) in [6, 6.07) is 11.4. The molecule has 1 N–H and O–H groups in total. The summed E-state index contributed by atoms with van der Waals surface area (Å²) in [7, 11) is 1.97. The zero-order chi connectivity index (χ0) is 15.5. The molecule has 0 radical (unpaired) electrons. The maximum Gasteiger partial charge on any atom is 0.347 e. The van der Waals surface area contributed by atoms with E-state index in [9.17, 15) is 4.79 Å². The van der Waals surface area contributed by atoms with E-state index in [0.717, 1.165) is 17.1 Å². The molecule has 0 bridgehead atoms. The molecule has 0 aliphatic heterocycles. The van der Waals surface area contributed by atoms with Crippen LogP contribution in [0.2, 0.25) is 0 Å². The predicted octanol–water partition coefficient (Wildman–Crippen LogP) is 1.89. The number of nitrogens with one attached hydrogen (secondary N) is 1. The number of aromatic amines is 1. The van der Waals surface area contributed by atoms with Crippen LogP contribution in [-0.2, 0) is 13.5 Å². The SMILES string of the molecule is CCOc1ccc(-n2c(Cc3cccn3C)n[nH]c2=O)cc1. The van der Waals surface area contributed by atoms with E-state index in [1.54, 1.807) is 4.57 Å². The zero-order valence-electron chi connectivity index (χ0n) is 12.6. The van der Waals surface area contributed by atoms with Crippen LogP contribution in [-0.4, -0.2) is 25.9 Å². The second-order valence-electron chi connectivity index (χ2n) is 4.99. The molecule has 2 heterocycles. The Bertz CT molecular complexity index is 811. The molecule has 6 heteroatoms. The van der Waals surface area contributed by atoms with Gasteiger partial charge in [0.25, 0.3) is 0 Å². The maximum atomic E-state index is 12.1. The van der Waals surface area contributed by atoms with Gasteiger partial charge < -0.3 is 9.30 Å². The van der Waals surface area contributed by atoms with Crippen molar-refractivity contribution >= 4 is 0 Å². The highest BCUT2D eigenvalue weighted by Gasteiger charge is 2.12. The molecule has 114 valence electrons. The van der Waals surface area contributed by atoms with E-state index in [2.05, 4.69) is 10.2 Å². The Balaban J connectivity index is 1.95. The van der Waals surface area contributed by atoms with Gasteiger partial charge in [-0.2, -0.15) is 5.10 Å². The molecule has 0 atom stereocenters. The standard InChI is InChI=1S/C16H18N4O2/c1-3-22-14-8-6-12(7-9-14)20-15(17-18-16(20)21)11-13-5-4-10-19(13)2/h4-10H,3,11H2,1-2H3,(H,18,21). The van der Waals surface area contributed by atoms with Crippen LogP contribution in [0.1, 0.15) is 18.4 Å². The van der Waals surface area contributed by atoms with Crippen LogP contribution in [0.25, 0.3) is 5.69 Å². The Morgan fingerprint density at radius 2 is 2.00 bits per heavy atom. The van der Waals surface area contributed by atoms with Crippen molar-refractivity contribution in [1.29, 1.82) is 0 Å². The van der Waals surface area contributed by atoms with E-state index in [1.807, 2.05) is 61.1 Å². The molecule has 0 saturated heterocycles. The number of nitrogens with zero attached hydrogens (tertiary/aromatic N) is 3. The fourth-order valence-electron chi connectivity index (χ4n) is 2.41. The van der Waals surface area contributed by atoms with Crippen LogP contribution in [0.4, 0.5) is 0 Å². The van der Waals surface area contributed by atoms with Gasteiger partial charge in [-0.05, 0) is 43.3 Å². The molecule has 22 heavy (non-hydrogen) atoms. The Morgan fingerprint density at radius 1 is 1.23 bits per heavy atom. The van der Waals surface area contributed by atoms with Gasteiger partial charge in [0.15, 0.2) is 0 Å². The third-order valence-electron chi connectivity index (χ3n) is 3.54. The number of ether oxygens (including phenoxy) is 1. The smallest absolute Gasteiger partial charge is 0.347 e. The summed E-state index contributed by atoms with van der Waals surface area (Å²) >= 11 is 0. The first-order valence-electron chi connectivity index (χ1n) is 7.18. The van der Waals surface area contributed by atoms with Gasteiger partial charge in [0.2, 0.25) is 0 Å². The topological polar surface area (TPSA) is 64.8 Å². The Labute approximate surface area is 128 Å². The van der Waals surface area contributed by atoms with Crippen LogP contribution in [0.5, 0.6) is 5.75 Å². The van der Waals surface area contributed by atoms with Crippen molar-refractivity contribution in [3.05, 3.63) is 64.6 Å². The molecular weight excluding hydrogens is 280 g/mol. The Hall–Kier alpha value is -2.76. The van der Waals surface area contributed by atoms with Gasteiger partial charge in [-0.15, -0.1) is 0 Å². The number of benzene rings is 1. The second kappa shape index (κ2) is 5.93. The van der Waals surface area contributed by atoms with Crippen LogP contribution >= 0.6 is 0 Å². The van der Waals surface area contributed by atoms with Crippen molar-refractivity contribution in [3.8, 4) is 11.4 Å². The van der Waals surface area contributed by atoms with Gasteiger partial charge >= 0.3 is 5.69 Å². The van der Waals surface area contributed by atoms with Crippen LogP contribution in [0.15, 0.2) is 47.4 Å². The quantitative estimate of drug-likeness (QED) is 0.782. The second-order valence-corrected chi connectivity index (χ2v) is 4.99. The summed E-state index contributed by atoms with van der Waals surface area (Å²) in [4.78, 5) is 12.1. The van der Waals surface area contributed by atoms with Crippen molar-refractivity contribution in [2.45, 2.75) is 13.3 Å². The lowest BCUT2D eigenvalue weighted by molar-refractivity contribution is 0.340. The van der Waals surface area contributed by atoms with Gasteiger partial charge in [0, 0.05) is 25.4 Å². The van der Waals surface area contributed by atoms with Gasteiger partial charge in [-0.25, -0.2) is 14.5 Å². The van der Waals surface area contributed by atoms with Gasteiger partial charge in [-0.3, -0.25) is 0 Å². The number of H-pyrrole nitrogens is 1.